The minimum absolute atomic E-state index is 0.206. The summed E-state index contributed by atoms with van der Waals surface area (Å²) in [6.07, 6.45) is 3.39. The lowest BCUT2D eigenvalue weighted by atomic mass is 10.2. The number of halogens is 1. The Hall–Kier alpha value is -2.28. The molecule has 1 aromatic carbocycles. The number of nitrogens with one attached hydrogen (secondary N) is 1. The molecule has 0 spiro atoms. The Morgan fingerprint density at radius 1 is 1.43 bits per heavy atom. The van der Waals surface area contributed by atoms with Gasteiger partial charge in [-0.3, -0.25) is 5.10 Å². The predicted octanol–water partition coefficient (Wildman–Crippen LogP) is 3.12. The number of hydrogen-bond donors (Lipinski definition) is 2. The molecule has 1 aliphatic heterocycles. The molecule has 1 aliphatic rings. The number of hydrogen-bond acceptors (Lipinski definition) is 4. The van der Waals surface area contributed by atoms with Gasteiger partial charge in [-0.05, 0) is 31.2 Å². The van der Waals surface area contributed by atoms with E-state index < -0.39 is 5.97 Å². The highest BCUT2D eigenvalue weighted by Crippen LogP contribution is 2.49. The summed E-state index contributed by atoms with van der Waals surface area (Å²) in [6.45, 7) is 1.77. The second-order valence-electron chi connectivity index (χ2n) is 4.56. The van der Waals surface area contributed by atoms with Gasteiger partial charge in [-0.15, -0.1) is 0 Å². The Bertz CT molecular complexity index is 698. The van der Waals surface area contributed by atoms with Crippen LogP contribution >= 0.6 is 11.8 Å². The van der Waals surface area contributed by atoms with E-state index >= 15 is 0 Å². The molecule has 0 amide bonds. The first-order valence-electron chi connectivity index (χ1n) is 6.22. The lowest BCUT2D eigenvalue weighted by Gasteiger charge is -2.26. The van der Waals surface area contributed by atoms with Gasteiger partial charge in [0.25, 0.3) is 0 Å². The van der Waals surface area contributed by atoms with Crippen molar-refractivity contribution in [2.75, 3.05) is 4.90 Å². The van der Waals surface area contributed by atoms with Gasteiger partial charge in [0.1, 0.15) is 16.9 Å². The number of aliphatic carboxylic acids is 1. The van der Waals surface area contributed by atoms with Crippen LogP contribution in [0.25, 0.3) is 0 Å². The summed E-state index contributed by atoms with van der Waals surface area (Å²) in [5.74, 6) is -1.36. The number of benzene rings is 1. The second kappa shape index (κ2) is 5.25. The van der Waals surface area contributed by atoms with Crippen molar-refractivity contribution in [3.63, 3.8) is 0 Å². The van der Waals surface area contributed by atoms with Crippen LogP contribution < -0.4 is 4.90 Å². The van der Waals surface area contributed by atoms with Gasteiger partial charge in [-0.1, -0.05) is 11.8 Å². The number of aromatic nitrogens is 2. The first kappa shape index (κ1) is 13.7. The standard InChI is InChI=1S/C14H12FN3O2S/c1-8-12(14(19)20)18(11-4-2-10(15)3-5-11)13(21-8)9-6-16-17-7-9/h2-7,13H,1H3,(H,16,17)(H,19,20). The van der Waals surface area contributed by atoms with Crippen LogP contribution in [-0.4, -0.2) is 21.3 Å². The van der Waals surface area contributed by atoms with Crippen LogP contribution in [0.15, 0.2) is 47.3 Å². The predicted molar refractivity (Wildman–Crippen MR) is 78.1 cm³/mol. The Morgan fingerprint density at radius 3 is 2.71 bits per heavy atom. The molecule has 3 rings (SSSR count). The lowest BCUT2D eigenvalue weighted by molar-refractivity contribution is -0.132. The van der Waals surface area contributed by atoms with E-state index in [4.69, 9.17) is 0 Å². The van der Waals surface area contributed by atoms with E-state index in [1.54, 1.807) is 36.4 Å². The first-order valence-corrected chi connectivity index (χ1v) is 7.10. The van der Waals surface area contributed by atoms with Gasteiger partial charge < -0.3 is 10.0 Å². The lowest BCUT2D eigenvalue weighted by Crippen LogP contribution is -2.26. The molecule has 0 saturated carbocycles. The van der Waals surface area contributed by atoms with Crippen LogP contribution in [0.5, 0.6) is 0 Å². The van der Waals surface area contributed by atoms with Gasteiger partial charge in [0, 0.05) is 22.4 Å². The van der Waals surface area contributed by atoms with Crippen molar-refractivity contribution in [3.05, 3.63) is 58.6 Å². The number of nitrogens with zero attached hydrogens (tertiary/aromatic N) is 2. The van der Waals surface area contributed by atoms with Crippen molar-refractivity contribution in [1.82, 2.24) is 10.2 Å². The van der Waals surface area contributed by atoms with Crippen molar-refractivity contribution >= 4 is 23.4 Å². The summed E-state index contributed by atoms with van der Waals surface area (Å²) in [7, 11) is 0. The molecular formula is C14H12FN3O2S. The zero-order valence-corrected chi connectivity index (χ0v) is 11.9. The minimum Gasteiger partial charge on any atom is -0.477 e. The van der Waals surface area contributed by atoms with E-state index in [0.717, 1.165) is 5.56 Å². The summed E-state index contributed by atoms with van der Waals surface area (Å²) in [5, 5.41) is 15.9. The van der Waals surface area contributed by atoms with Crippen LogP contribution in [0.4, 0.5) is 10.1 Å². The quantitative estimate of drug-likeness (QED) is 0.912. The Morgan fingerprint density at radius 2 is 2.14 bits per heavy atom. The van der Waals surface area contributed by atoms with Crippen LogP contribution in [0, 0.1) is 5.82 Å². The maximum Gasteiger partial charge on any atom is 0.353 e. The van der Waals surface area contributed by atoms with E-state index in [9.17, 15) is 14.3 Å². The molecule has 21 heavy (non-hydrogen) atoms. The third-order valence-corrected chi connectivity index (χ3v) is 4.46. The second-order valence-corrected chi connectivity index (χ2v) is 5.85. The first-order chi connectivity index (χ1) is 10.1. The maximum absolute atomic E-state index is 13.1. The third-order valence-electron chi connectivity index (χ3n) is 3.21. The summed E-state index contributed by atoms with van der Waals surface area (Å²) >= 11 is 1.44. The number of carboxylic acids is 1. The van der Waals surface area contributed by atoms with Crippen LogP contribution in [0.3, 0.4) is 0 Å². The summed E-state index contributed by atoms with van der Waals surface area (Å²) in [6, 6.07) is 5.79. The highest BCUT2D eigenvalue weighted by atomic mass is 32.2. The number of H-pyrrole nitrogens is 1. The molecule has 0 bridgehead atoms. The molecule has 7 heteroatoms. The number of aromatic amines is 1. The molecule has 2 heterocycles. The molecular weight excluding hydrogens is 293 g/mol. The van der Waals surface area contributed by atoms with Crippen molar-refractivity contribution in [1.29, 1.82) is 0 Å². The molecule has 0 saturated heterocycles. The van der Waals surface area contributed by atoms with E-state index in [-0.39, 0.29) is 16.9 Å². The number of carboxylic acid groups (broad SMARTS) is 1. The number of anilines is 1. The fraction of sp³-hybridized carbons (Fsp3) is 0.143. The summed E-state index contributed by atoms with van der Waals surface area (Å²) in [5.41, 5.74) is 1.70. The fourth-order valence-corrected chi connectivity index (χ4v) is 3.53. The van der Waals surface area contributed by atoms with Crippen LogP contribution in [-0.2, 0) is 4.79 Å². The van der Waals surface area contributed by atoms with Gasteiger partial charge >= 0.3 is 5.97 Å². The zero-order valence-electron chi connectivity index (χ0n) is 11.1. The van der Waals surface area contributed by atoms with Gasteiger partial charge in [0.2, 0.25) is 0 Å². The normalized spacial score (nSPS) is 18.4. The summed E-state index contributed by atoms with van der Waals surface area (Å²) in [4.78, 5) is 14.0. The van der Waals surface area contributed by atoms with E-state index in [1.807, 2.05) is 0 Å². The molecule has 0 aliphatic carbocycles. The van der Waals surface area contributed by atoms with Gasteiger partial charge in [0.05, 0.1) is 6.20 Å². The molecule has 2 aromatic rings. The van der Waals surface area contributed by atoms with E-state index in [0.29, 0.717) is 10.6 Å². The average molecular weight is 305 g/mol. The molecule has 0 fully saturated rings. The molecule has 0 radical (unpaired) electrons. The Labute approximate surface area is 124 Å². The fourth-order valence-electron chi connectivity index (χ4n) is 2.30. The minimum atomic E-state index is -1.00. The van der Waals surface area contributed by atoms with Crippen molar-refractivity contribution in [2.24, 2.45) is 0 Å². The third kappa shape index (κ3) is 2.40. The summed E-state index contributed by atoms with van der Waals surface area (Å²) < 4.78 is 13.1. The zero-order chi connectivity index (χ0) is 15.0. The van der Waals surface area contributed by atoms with E-state index in [2.05, 4.69) is 10.2 Å². The average Bonchev–Trinajstić information content (AvgIpc) is 3.06. The number of rotatable bonds is 3. The van der Waals surface area contributed by atoms with Gasteiger partial charge in [-0.2, -0.15) is 5.10 Å². The van der Waals surface area contributed by atoms with Crippen molar-refractivity contribution in [3.8, 4) is 0 Å². The largest absolute Gasteiger partial charge is 0.477 e. The number of thioether (sulfide) groups is 1. The molecule has 108 valence electrons. The van der Waals surface area contributed by atoms with Crippen LogP contribution in [0.2, 0.25) is 0 Å². The molecule has 1 aromatic heterocycles. The Kier molecular flexibility index (Phi) is 3.42. The van der Waals surface area contributed by atoms with Crippen molar-refractivity contribution in [2.45, 2.75) is 12.3 Å². The van der Waals surface area contributed by atoms with Crippen molar-refractivity contribution < 1.29 is 14.3 Å². The molecule has 1 atom stereocenters. The number of allylic oxidation sites excluding steroid dienone is 1. The number of carbonyl (C=O) groups is 1. The van der Waals surface area contributed by atoms with Gasteiger partial charge in [0.15, 0.2) is 0 Å². The molecule has 2 N–H and O–H groups in total. The highest BCUT2D eigenvalue weighted by molar-refractivity contribution is 8.03. The maximum atomic E-state index is 13.1. The monoisotopic (exact) mass is 305 g/mol. The molecule has 1 unspecified atom stereocenters. The molecule has 5 nitrogen and oxygen atoms in total. The van der Waals surface area contributed by atoms with Crippen LogP contribution in [0.1, 0.15) is 17.9 Å². The van der Waals surface area contributed by atoms with Gasteiger partial charge in [-0.25, -0.2) is 9.18 Å². The SMILES string of the molecule is CC1=C(C(=O)O)N(c2ccc(F)cc2)C(c2cn[nH]c2)S1. The smallest absolute Gasteiger partial charge is 0.353 e. The highest BCUT2D eigenvalue weighted by Gasteiger charge is 2.37. The topological polar surface area (TPSA) is 69.2 Å². The van der Waals surface area contributed by atoms with E-state index in [1.165, 1.54) is 23.9 Å². The Balaban J connectivity index is 2.08.